The molecular formula is C25H30N2O6. The maximum atomic E-state index is 13.2. The molecule has 0 radical (unpaired) electrons. The predicted octanol–water partition coefficient (Wildman–Crippen LogP) is 3.00. The zero-order valence-electron chi connectivity index (χ0n) is 19.8. The highest BCUT2D eigenvalue weighted by atomic mass is 16.5. The largest absolute Gasteiger partial charge is 0.507 e. The molecule has 2 aromatic rings. The van der Waals surface area contributed by atoms with E-state index in [2.05, 4.69) is 0 Å². The number of hydrogen-bond acceptors (Lipinski definition) is 7. The standard InChI is InChI=1S/C25H30N2O6/c1-15-13-16(31-4)7-9-18(15)23(28)21-22(19-14-17(32-5)8-10-20(19)33-6)27(12-11-26(2)3)25(30)24(21)29/h7-10,13-14,22,28H,11-12H2,1-6H3/b23-21-. The number of aryl methyl sites for hydroxylation is 1. The molecule has 1 N–H and O–H groups in total. The van der Waals surface area contributed by atoms with Gasteiger partial charge >= 0.3 is 0 Å². The number of carbonyl (C=O) groups is 2. The molecule has 1 aliphatic heterocycles. The lowest BCUT2D eigenvalue weighted by Crippen LogP contribution is -2.35. The molecule has 8 nitrogen and oxygen atoms in total. The van der Waals surface area contributed by atoms with Crippen molar-refractivity contribution >= 4 is 17.4 Å². The van der Waals surface area contributed by atoms with Crippen LogP contribution in [0.25, 0.3) is 5.76 Å². The zero-order chi connectivity index (χ0) is 24.3. The first-order valence-corrected chi connectivity index (χ1v) is 10.5. The number of nitrogens with zero attached hydrogens (tertiary/aromatic N) is 2. The van der Waals surface area contributed by atoms with E-state index in [-0.39, 0.29) is 11.3 Å². The summed E-state index contributed by atoms with van der Waals surface area (Å²) in [4.78, 5) is 29.7. The van der Waals surface area contributed by atoms with Crippen LogP contribution in [0.2, 0.25) is 0 Å². The van der Waals surface area contributed by atoms with Gasteiger partial charge < -0.3 is 29.1 Å². The highest BCUT2D eigenvalue weighted by Crippen LogP contribution is 2.44. The lowest BCUT2D eigenvalue weighted by molar-refractivity contribution is -0.140. The Balaban J connectivity index is 2.26. The van der Waals surface area contributed by atoms with Crippen LogP contribution in [0.3, 0.4) is 0 Å². The van der Waals surface area contributed by atoms with Crippen molar-refractivity contribution in [2.75, 3.05) is 48.5 Å². The first kappa shape index (κ1) is 24.1. The second-order valence-corrected chi connectivity index (χ2v) is 8.08. The predicted molar refractivity (Wildman–Crippen MR) is 125 cm³/mol. The number of amides is 1. The van der Waals surface area contributed by atoms with E-state index < -0.39 is 17.7 Å². The van der Waals surface area contributed by atoms with E-state index >= 15 is 0 Å². The highest BCUT2D eigenvalue weighted by molar-refractivity contribution is 6.46. The third kappa shape index (κ3) is 4.66. The number of aliphatic hydroxyl groups excluding tert-OH is 1. The maximum Gasteiger partial charge on any atom is 0.295 e. The molecule has 0 bridgehead atoms. The Morgan fingerprint density at radius 2 is 1.64 bits per heavy atom. The first-order valence-electron chi connectivity index (χ1n) is 10.5. The van der Waals surface area contributed by atoms with Crippen molar-refractivity contribution in [2.24, 2.45) is 0 Å². The van der Waals surface area contributed by atoms with Crippen molar-refractivity contribution in [3.05, 3.63) is 58.7 Å². The Labute approximate surface area is 194 Å². The number of likely N-dealkylation sites (N-methyl/N-ethyl adjacent to an activating group) is 1. The molecule has 3 rings (SSSR count). The average molecular weight is 455 g/mol. The molecule has 1 amide bonds. The highest BCUT2D eigenvalue weighted by Gasteiger charge is 2.47. The summed E-state index contributed by atoms with van der Waals surface area (Å²) < 4.78 is 16.2. The van der Waals surface area contributed by atoms with E-state index in [1.54, 1.807) is 50.4 Å². The smallest absolute Gasteiger partial charge is 0.295 e. The summed E-state index contributed by atoms with van der Waals surface area (Å²) in [6.07, 6.45) is 0. The molecule has 0 spiro atoms. The van der Waals surface area contributed by atoms with E-state index in [0.717, 1.165) is 0 Å². The van der Waals surface area contributed by atoms with Gasteiger partial charge in [-0.25, -0.2) is 0 Å². The molecule has 2 aromatic carbocycles. The minimum absolute atomic E-state index is 0.0126. The first-order chi connectivity index (χ1) is 15.7. The van der Waals surface area contributed by atoms with Gasteiger partial charge in [-0.3, -0.25) is 9.59 Å². The van der Waals surface area contributed by atoms with Crippen molar-refractivity contribution in [1.29, 1.82) is 0 Å². The fourth-order valence-electron chi connectivity index (χ4n) is 3.97. The van der Waals surface area contributed by atoms with Crippen molar-refractivity contribution in [2.45, 2.75) is 13.0 Å². The van der Waals surface area contributed by atoms with E-state index in [0.29, 0.717) is 47.0 Å². The quantitative estimate of drug-likeness (QED) is 0.373. The molecule has 1 fully saturated rings. The van der Waals surface area contributed by atoms with E-state index in [4.69, 9.17) is 14.2 Å². The van der Waals surface area contributed by atoms with Gasteiger partial charge in [0.05, 0.1) is 32.9 Å². The molecule has 8 heteroatoms. The minimum atomic E-state index is -0.837. The number of carbonyl (C=O) groups excluding carboxylic acids is 2. The van der Waals surface area contributed by atoms with Gasteiger partial charge in [0.25, 0.3) is 11.7 Å². The van der Waals surface area contributed by atoms with Gasteiger partial charge in [-0.15, -0.1) is 0 Å². The van der Waals surface area contributed by atoms with Crippen LogP contribution in [-0.4, -0.2) is 75.1 Å². The van der Waals surface area contributed by atoms with Crippen LogP contribution in [-0.2, 0) is 9.59 Å². The van der Waals surface area contributed by atoms with Crippen LogP contribution in [0.4, 0.5) is 0 Å². The summed E-state index contributed by atoms with van der Waals surface area (Å²) >= 11 is 0. The van der Waals surface area contributed by atoms with Crippen molar-refractivity contribution in [3.8, 4) is 17.2 Å². The number of rotatable bonds is 8. The third-order valence-corrected chi connectivity index (χ3v) is 5.75. The summed E-state index contributed by atoms with van der Waals surface area (Å²) in [6.45, 7) is 2.64. The van der Waals surface area contributed by atoms with Gasteiger partial charge in [0.2, 0.25) is 0 Å². The lowest BCUT2D eigenvalue weighted by atomic mass is 9.93. The minimum Gasteiger partial charge on any atom is -0.507 e. The van der Waals surface area contributed by atoms with Crippen molar-refractivity contribution in [1.82, 2.24) is 9.80 Å². The normalized spacial score (nSPS) is 17.5. The average Bonchev–Trinajstić information content (AvgIpc) is 3.06. The van der Waals surface area contributed by atoms with Gasteiger partial charge in [-0.2, -0.15) is 0 Å². The number of Topliss-reactive ketones (excluding diaryl/α,β-unsaturated/α-hetero) is 1. The summed E-state index contributed by atoms with van der Waals surface area (Å²) in [5, 5.41) is 11.3. The molecule has 1 unspecified atom stereocenters. The molecular weight excluding hydrogens is 424 g/mol. The summed E-state index contributed by atoms with van der Waals surface area (Å²) in [5.74, 6) is 0.00699. The molecule has 176 valence electrons. The number of hydrogen-bond donors (Lipinski definition) is 1. The Hall–Kier alpha value is -3.52. The number of methoxy groups -OCH3 is 3. The molecule has 33 heavy (non-hydrogen) atoms. The van der Waals surface area contributed by atoms with Gasteiger partial charge in [0.1, 0.15) is 23.0 Å². The van der Waals surface area contributed by atoms with Crippen molar-refractivity contribution < 1.29 is 28.9 Å². The fourth-order valence-corrected chi connectivity index (χ4v) is 3.97. The summed E-state index contributed by atoms with van der Waals surface area (Å²) in [5.41, 5.74) is 1.73. The van der Waals surface area contributed by atoms with Crippen LogP contribution >= 0.6 is 0 Å². The molecule has 0 aliphatic carbocycles. The molecule has 1 aliphatic rings. The molecule has 1 heterocycles. The molecule has 1 atom stereocenters. The third-order valence-electron chi connectivity index (χ3n) is 5.75. The fraction of sp³-hybridized carbons (Fsp3) is 0.360. The topological polar surface area (TPSA) is 88.5 Å². The van der Waals surface area contributed by atoms with Gasteiger partial charge in [-0.05, 0) is 63.0 Å². The Morgan fingerprint density at radius 3 is 2.21 bits per heavy atom. The van der Waals surface area contributed by atoms with Crippen LogP contribution in [0.15, 0.2) is 42.0 Å². The van der Waals surface area contributed by atoms with Gasteiger partial charge in [-0.1, -0.05) is 0 Å². The number of likely N-dealkylation sites (tertiary alicyclic amines) is 1. The number of aliphatic hydroxyl groups is 1. The number of ether oxygens (including phenoxy) is 3. The second kappa shape index (κ2) is 9.95. The van der Waals surface area contributed by atoms with Gasteiger partial charge in [0, 0.05) is 24.2 Å². The molecule has 1 saturated heterocycles. The van der Waals surface area contributed by atoms with Gasteiger partial charge in [0.15, 0.2) is 0 Å². The van der Waals surface area contributed by atoms with E-state index in [1.807, 2.05) is 19.0 Å². The Kier molecular flexibility index (Phi) is 7.28. The maximum absolute atomic E-state index is 13.2. The summed E-state index contributed by atoms with van der Waals surface area (Å²) in [7, 11) is 8.39. The lowest BCUT2D eigenvalue weighted by Gasteiger charge is -2.28. The molecule has 0 aromatic heterocycles. The van der Waals surface area contributed by atoms with Crippen LogP contribution in [0.1, 0.15) is 22.7 Å². The van der Waals surface area contributed by atoms with Crippen LogP contribution < -0.4 is 14.2 Å². The molecule has 0 saturated carbocycles. The summed E-state index contributed by atoms with van der Waals surface area (Å²) in [6, 6.07) is 9.49. The van der Waals surface area contributed by atoms with E-state index in [1.165, 1.54) is 19.1 Å². The Morgan fingerprint density at radius 1 is 1.00 bits per heavy atom. The van der Waals surface area contributed by atoms with Crippen LogP contribution in [0.5, 0.6) is 17.2 Å². The number of benzene rings is 2. The SMILES string of the molecule is COc1ccc(/C(O)=C2/C(=O)C(=O)N(CCN(C)C)C2c2cc(OC)ccc2OC)c(C)c1. The number of ketones is 1. The van der Waals surface area contributed by atoms with Crippen LogP contribution in [0, 0.1) is 6.92 Å². The van der Waals surface area contributed by atoms with E-state index in [9.17, 15) is 14.7 Å². The van der Waals surface area contributed by atoms with Crippen molar-refractivity contribution in [3.63, 3.8) is 0 Å². The zero-order valence-corrected chi connectivity index (χ0v) is 19.8. The Bertz CT molecular complexity index is 1090. The monoisotopic (exact) mass is 454 g/mol. The second-order valence-electron chi connectivity index (χ2n) is 8.08.